The number of carboxylic acid groups (broad SMARTS) is 1. The fourth-order valence-electron chi connectivity index (χ4n) is 1.63. The molecule has 1 aromatic carbocycles. The molecule has 0 aliphatic carbocycles. The Morgan fingerprint density at radius 2 is 1.79 bits per heavy atom. The quantitative estimate of drug-likeness (QED) is 0.896. The number of hydrogen-bond acceptors (Lipinski definition) is 3. The molecule has 0 atom stereocenters. The van der Waals surface area contributed by atoms with Crippen LogP contribution in [0.25, 0.3) is 0 Å². The van der Waals surface area contributed by atoms with Crippen molar-refractivity contribution in [2.45, 2.75) is 18.7 Å². The summed E-state index contributed by atoms with van der Waals surface area (Å²) in [7, 11) is -4.18. The van der Waals surface area contributed by atoms with Crippen molar-refractivity contribution in [3.05, 3.63) is 29.3 Å². The van der Waals surface area contributed by atoms with Gasteiger partial charge in [-0.15, -0.1) is 0 Å². The highest BCUT2D eigenvalue weighted by Crippen LogP contribution is 2.24. The summed E-state index contributed by atoms with van der Waals surface area (Å²) in [6, 6.07) is 1.35. The van der Waals surface area contributed by atoms with E-state index in [1.165, 1.54) is 0 Å². The van der Waals surface area contributed by atoms with E-state index < -0.39 is 38.1 Å². The molecular weight excluding hydrogens is 280 g/mol. The fraction of sp³-hybridized carbons (Fsp3) is 0.364. The van der Waals surface area contributed by atoms with E-state index in [2.05, 4.69) is 0 Å². The molecule has 19 heavy (non-hydrogen) atoms. The first-order chi connectivity index (χ1) is 8.77. The van der Waals surface area contributed by atoms with Gasteiger partial charge in [0.15, 0.2) is 5.82 Å². The molecule has 0 unspecified atom stereocenters. The minimum Gasteiger partial charge on any atom is -0.477 e. The molecular formula is C11H13F2NO4S. The molecule has 0 aromatic heterocycles. The van der Waals surface area contributed by atoms with Gasteiger partial charge < -0.3 is 5.11 Å². The van der Waals surface area contributed by atoms with Gasteiger partial charge in [0.25, 0.3) is 0 Å². The van der Waals surface area contributed by atoms with Gasteiger partial charge in [0.1, 0.15) is 16.3 Å². The average Bonchev–Trinajstić information content (AvgIpc) is 2.29. The lowest BCUT2D eigenvalue weighted by Gasteiger charge is -2.19. The Labute approximate surface area is 109 Å². The smallest absolute Gasteiger partial charge is 0.341 e. The van der Waals surface area contributed by atoms with Crippen molar-refractivity contribution in [1.82, 2.24) is 4.31 Å². The number of benzene rings is 1. The summed E-state index contributed by atoms with van der Waals surface area (Å²) in [6.45, 7) is 3.30. The number of nitrogens with zero attached hydrogens (tertiary/aromatic N) is 1. The summed E-state index contributed by atoms with van der Waals surface area (Å²) in [5.74, 6) is -4.76. The second kappa shape index (κ2) is 5.62. The lowest BCUT2D eigenvalue weighted by molar-refractivity contribution is 0.0685. The fourth-order valence-corrected chi connectivity index (χ4v) is 3.16. The molecule has 0 bridgehead atoms. The topological polar surface area (TPSA) is 74.7 Å². The molecule has 1 N–H and O–H groups in total. The van der Waals surface area contributed by atoms with Crippen LogP contribution in [0.4, 0.5) is 8.78 Å². The monoisotopic (exact) mass is 293 g/mol. The van der Waals surface area contributed by atoms with Crippen LogP contribution >= 0.6 is 0 Å². The molecule has 0 aliphatic rings. The third-order valence-corrected chi connectivity index (χ3v) is 4.66. The minimum absolute atomic E-state index is 0.0953. The third-order valence-electron chi connectivity index (χ3n) is 2.59. The van der Waals surface area contributed by atoms with Crippen molar-refractivity contribution in [3.63, 3.8) is 0 Å². The number of hydrogen-bond donors (Lipinski definition) is 1. The molecule has 8 heteroatoms. The number of halogens is 2. The Morgan fingerprint density at radius 3 is 2.21 bits per heavy atom. The van der Waals surface area contributed by atoms with E-state index in [0.717, 1.165) is 10.4 Å². The van der Waals surface area contributed by atoms with E-state index in [1.807, 2.05) is 0 Å². The molecule has 0 fully saturated rings. The molecule has 0 radical (unpaired) electrons. The van der Waals surface area contributed by atoms with Crippen molar-refractivity contribution in [3.8, 4) is 0 Å². The van der Waals surface area contributed by atoms with Crippen LogP contribution in [0.15, 0.2) is 17.0 Å². The molecule has 1 aromatic rings. The average molecular weight is 293 g/mol. The van der Waals surface area contributed by atoms with Crippen LogP contribution in [0, 0.1) is 11.6 Å². The van der Waals surface area contributed by atoms with Crippen LogP contribution in [0.5, 0.6) is 0 Å². The van der Waals surface area contributed by atoms with Gasteiger partial charge in [-0.1, -0.05) is 13.8 Å². The van der Waals surface area contributed by atoms with Crippen molar-refractivity contribution in [1.29, 1.82) is 0 Å². The van der Waals surface area contributed by atoms with E-state index >= 15 is 0 Å². The molecule has 0 amide bonds. The number of aromatic carboxylic acids is 1. The van der Waals surface area contributed by atoms with E-state index in [1.54, 1.807) is 13.8 Å². The first-order valence-corrected chi connectivity index (χ1v) is 6.92. The number of carboxylic acids is 1. The predicted octanol–water partition coefficient (Wildman–Crippen LogP) is 1.69. The van der Waals surface area contributed by atoms with Crippen LogP contribution in [-0.2, 0) is 10.0 Å². The lowest BCUT2D eigenvalue weighted by atomic mass is 10.2. The molecule has 106 valence electrons. The van der Waals surface area contributed by atoms with Crippen LogP contribution in [0.1, 0.15) is 24.2 Å². The van der Waals surface area contributed by atoms with E-state index in [4.69, 9.17) is 5.11 Å². The highest BCUT2D eigenvalue weighted by Gasteiger charge is 2.30. The summed E-state index contributed by atoms with van der Waals surface area (Å²) in [5, 5.41) is 8.70. The maximum absolute atomic E-state index is 13.9. The zero-order valence-electron chi connectivity index (χ0n) is 10.4. The second-order valence-electron chi connectivity index (χ2n) is 3.63. The molecule has 5 nitrogen and oxygen atoms in total. The first kappa shape index (κ1) is 15.5. The zero-order valence-corrected chi connectivity index (χ0v) is 11.2. The van der Waals surface area contributed by atoms with Gasteiger partial charge in [0, 0.05) is 13.1 Å². The normalized spacial score (nSPS) is 11.8. The standard InChI is InChI=1S/C11H13F2NO4S/c1-3-14(4-2)19(17,18)8-6-5-7(12)9(10(8)13)11(15)16/h5-6H,3-4H2,1-2H3,(H,15,16). The first-order valence-electron chi connectivity index (χ1n) is 5.48. The largest absolute Gasteiger partial charge is 0.477 e. The van der Waals surface area contributed by atoms with Gasteiger partial charge >= 0.3 is 5.97 Å². The zero-order chi connectivity index (χ0) is 14.8. The molecule has 1 rings (SSSR count). The van der Waals surface area contributed by atoms with E-state index in [-0.39, 0.29) is 13.1 Å². The van der Waals surface area contributed by atoms with Gasteiger partial charge in [-0.2, -0.15) is 4.31 Å². The number of rotatable bonds is 5. The van der Waals surface area contributed by atoms with Gasteiger partial charge in [-0.05, 0) is 12.1 Å². The predicted molar refractivity (Wildman–Crippen MR) is 63.4 cm³/mol. The van der Waals surface area contributed by atoms with Crippen LogP contribution in [0.2, 0.25) is 0 Å². The van der Waals surface area contributed by atoms with Crippen LogP contribution in [0.3, 0.4) is 0 Å². The summed E-state index contributed by atoms with van der Waals surface area (Å²) in [6.07, 6.45) is 0. The maximum Gasteiger partial charge on any atom is 0.341 e. The molecule has 0 saturated carbocycles. The second-order valence-corrected chi connectivity index (χ2v) is 5.54. The van der Waals surface area contributed by atoms with Crippen LogP contribution < -0.4 is 0 Å². The number of carbonyl (C=O) groups is 1. The SMILES string of the molecule is CCN(CC)S(=O)(=O)c1ccc(F)c(C(=O)O)c1F. The molecule has 0 saturated heterocycles. The van der Waals surface area contributed by atoms with Gasteiger partial charge in [0.2, 0.25) is 10.0 Å². The van der Waals surface area contributed by atoms with E-state index in [0.29, 0.717) is 6.07 Å². The summed E-state index contributed by atoms with van der Waals surface area (Å²) in [5.41, 5.74) is -1.27. The minimum atomic E-state index is -4.18. The Balaban J connectivity index is 3.54. The maximum atomic E-state index is 13.9. The summed E-state index contributed by atoms with van der Waals surface area (Å²) >= 11 is 0. The Kier molecular flexibility index (Phi) is 4.59. The third kappa shape index (κ3) is 2.74. The van der Waals surface area contributed by atoms with Crippen molar-refractivity contribution in [2.75, 3.05) is 13.1 Å². The van der Waals surface area contributed by atoms with Crippen LogP contribution in [-0.4, -0.2) is 36.9 Å². The Hall–Kier alpha value is -1.54. The summed E-state index contributed by atoms with van der Waals surface area (Å²) < 4.78 is 52.2. The highest BCUT2D eigenvalue weighted by atomic mass is 32.2. The van der Waals surface area contributed by atoms with Crippen molar-refractivity contribution in [2.24, 2.45) is 0 Å². The lowest BCUT2D eigenvalue weighted by Crippen LogP contribution is -2.31. The Morgan fingerprint density at radius 1 is 1.26 bits per heavy atom. The molecule has 0 aliphatic heterocycles. The summed E-state index contributed by atoms with van der Waals surface area (Å²) in [4.78, 5) is 9.90. The highest BCUT2D eigenvalue weighted by molar-refractivity contribution is 7.89. The van der Waals surface area contributed by atoms with Gasteiger partial charge in [-0.25, -0.2) is 22.0 Å². The van der Waals surface area contributed by atoms with Gasteiger partial charge in [-0.3, -0.25) is 0 Å². The molecule has 0 heterocycles. The van der Waals surface area contributed by atoms with Gasteiger partial charge in [0.05, 0.1) is 0 Å². The van der Waals surface area contributed by atoms with Crippen molar-refractivity contribution < 1.29 is 27.1 Å². The van der Waals surface area contributed by atoms with E-state index in [9.17, 15) is 22.0 Å². The Bertz CT molecular complexity index is 597. The molecule has 0 spiro atoms. The van der Waals surface area contributed by atoms with Crippen molar-refractivity contribution >= 4 is 16.0 Å². The number of sulfonamides is 1.